The van der Waals surface area contributed by atoms with Gasteiger partial charge in [0.25, 0.3) is 5.91 Å². The van der Waals surface area contributed by atoms with Crippen molar-refractivity contribution in [2.24, 2.45) is 0 Å². The Morgan fingerprint density at radius 3 is 2.59 bits per heavy atom. The molecule has 9 heteroatoms. The normalized spacial score (nSPS) is 15.6. The van der Waals surface area contributed by atoms with E-state index in [0.717, 1.165) is 31.5 Å². The number of methoxy groups -OCH3 is 1. The van der Waals surface area contributed by atoms with E-state index in [0.29, 0.717) is 22.7 Å². The van der Waals surface area contributed by atoms with Crippen molar-refractivity contribution in [3.05, 3.63) is 64.2 Å². The van der Waals surface area contributed by atoms with E-state index in [-0.39, 0.29) is 30.0 Å². The second kappa shape index (κ2) is 11.2. The van der Waals surface area contributed by atoms with E-state index in [1.165, 1.54) is 19.2 Å². The first-order valence-electron chi connectivity index (χ1n) is 10.7. The fourth-order valence-electron chi connectivity index (χ4n) is 3.89. The summed E-state index contributed by atoms with van der Waals surface area (Å²) in [7, 11) is -2.23. The zero-order valence-electron chi connectivity index (χ0n) is 18.4. The first kappa shape index (κ1) is 24.7. The number of rotatable bonds is 10. The Kier molecular flexibility index (Phi) is 8.67. The molecule has 7 nitrogen and oxygen atoms in total. The highest BCUT2D eigenvalue weighted by molar-refractivity contribution is 7.89. The molecule has 1 atom stereocenters. The maximum atomic E-state index is 13.0. The number of nitrogens with zero attached hydrogens (tertiary/aromatic N) is 1. The molecular formula is C23H30ClN3O4S. The Hall–Kier alpha value is -1.97. The highest BCUT2D eigenvalue weighted by Crippen LogP contribution is 2.30. The molecule has 174 valence electrons. The van der Waals surface area contributed by atoms with E-state index in [2.05, 4.69) is 14.9 Å². The lowest BCUT2D eigenvalue weighted by Gasteiger charge is -2.29. The number of hydrogen-bond donors (Lipinski definition) is 2. The van der Waals surface area contributed by atoms with Crippen LogP contribution in [0.1, 0.15) is 40.4 Å². The molecule has 2 aromatic carbocycles. The van der Waals surface area contributed by atoms with Gasteiger partial charge < -0.3 is 10.1 Å². The summed E-state index contributed by atoms with van der Waals surface area (Å²) in [5, 5.41) is 3.67. The van der Waals surface area contributed by atoms with Crippen LogP contribution in [0.2, 0.25) is 5.02 Å². The van der Waals surface area contributed by atoms with Crippen LogP contribution in [0.5, 0.6) is 0 Å². The van der Waals surface area contributed by atoms with Gasteiger partial charge in [0.2, 0.25) is 10.0 Å². The quantitative estimate of drug-likeness (QED) is 0.511. The van der Waals surface area contributed by atoms with Crippen LogP contribution < -0.4 is 10.0 Å². The number of hydrogen-bond acceptors (Lipinski definition) is 5. The molecule has 0 bridgehead atoms. The summed E-state index contributed by atoms with van der Waals surface area (Å²) in [5.41, 5.74) is 2.01. The number of carbonyl (C=O) groups excluding carboxylic acids is 1. The number of likely N-dealkylation sites (tertiary alicyclic amines) is 1. The monoisotopic (exact) mass is 479 g/mol. The van der Waals surface area contributed by atoms with Crippen molar-refractivity contribution in [2.75, 3.05) is 39.9 Å². The standard InChI is InChI=1S/C23H30ClN3O4S/c1-17-9-10-18(32(29,30)26-11-14-31-2)15-20(17)23(28)25-16-22(27-12-5-6-13-27)19-7-3-4-8-21(19)24/h3-4,7-10,15,22,26H,5-6,11-14,16H2,1-2H3,(H,25,28). The number of nitrogens with one attached hydrogen (secondary N) is 2. The van der Waals surface area contributed by atoms with Crippen LogP contribution in [0.25, 0.3) is 0 Å². The summed E-state index contributed by atoms with van der Waals surface area (Å²) < 4.78 is 32.4. The molecule has 3 rings (SSSR count). The summed E-state index contributed by atoms with van der Waals surface area (Å²) >= 11 is 6.46. The van der Waals surface area contributed by atoms with Crippen molar-refractivity contribution < 1.29 is 17.9 Å². The Morgan fingerprint density at radius 1 is 1.19 bits per heavy atom. The van der Waals surface area contributed by atoms with Gasteiger partial charge in [-0.25, -0.2) is 13.1 Å². The first-order valence-corrected chi connectivity index (χ1v) is 12.6. The lowest BCUT2D eigenvalue weighted by Crippen LogP contribution is -2.37. The molecule has 1 unspecified atom stereocenters. The van der Waals surface area contributed by atoms with E-state index >= 15 is 0 Å². The summed E-state index contributed by atoms with van der Waals surface area (Å²) in [5.74, 6) is -0.312. The zero-order chi connectivity index (χ0) is 23.1. The van der Waals surface area contributed by atoms with E-state index < -0.39 is 10.0 Å². The average Bonchev–Trinajstić information content (AvgIpc) is 3.30. The van der Waals surface area contributed by atoms with Crippen LogP contribution in [0.3, 0.4) is 0 Å². The van der Waals surface area contributed by atoms with Crippen LogP contribution >= 0.6 is 11.6 Å². The Bertz CT molecular complexity index is 1040. The van der Waals surface area contributed by atoms with Crippen LogP contribution in [0, 0.1) is 6.92 Å². The number of ether oxygens (including phenoxy) is 1. The van der Waals surface area contributed by atoms with Crippen molar-refractivity contribution in [3.8, 4) is 0 Å². The van der Waals surface area contributed by atoms with E-state index in [9.17, 15) is 13.2 Å². The Morgan fingerprint density at radius 2 is 1.91 bits per heavy atom. The van der Waals surface area contributed by atoms with Crippen molar-refractivity contribution in [1.29, 1.82) is 0 Å². The third kappa shape index (κ3) is 6.08. The topological polar surface area (TPSA) is 87.7 Å². The number of sulfonamides is 1. The minimum Gasteiger partial charge on any atom is -0.383 e. The Balaban J connectivity index is 1.77. The molecule has 1 heterocycles. The molecule has 0 radical (unpaired) electrons. The van der Waals surface area contributed by atoms with Gasteiger partial charge in [-0.15, -0.1) is 0 Å². The van der Waals surface area contributed by atoms with Crippen molar-refractivity contribution in [3.63, 3.8) is 0 Å². The van der Waals surface area contributed by atoms with Crippen LogP contribution in [0.15, 0.2) is 47.4 Å². The van der Waals surface area contributed by atoms with E-state index in [1.807, 2.05) is 24.3 Å². The van der Waals surface area contributed by atoms with Crippen LogP contribution in [-0.4, -0.2) is 59.1 Å². The smallest absolute Gasteiger partial charge is 0.251 e. The third-order valence-corrected chi connectivity index (χ3v) is 7.47. The highest BCUT2D eigenvalue weighted by Gasteiger charge is 2.26. The predicted molar refractivity (Wildman–Crippen MR) is 126 cm³/mol. The first-order chi connectivity index (χ1) is 15.3. The van der Waals surface area contributed by atoms with Gasteiger partial charge in [-0.05, 0) is 62.2 Å². The fourth-order valence-corrected chi connectivity index (χ4v) is 5.19. The molecule has 1 saturated heterocycles. The lowest BCUT2D eigenvalue weighted by atomic mass is 10.0. The van der Waals surface area contributed by atoms with E-state index in [1.54, 1.807) is 13.0 Å². The van der Waals surface area contributed by atoms with Gasteiger partial charge >= 0.3 is 0 Å². The van der Waals surface area contributed by atoms with Gasteiger partial charge in [-0.1, -0.05) is 35.9 Å². The predicted octanol–water partition coefficient (Wildman–Crippen LogP) is 3.14. The molecule has 2 aromatic rings. The minimum absolute atomic E-state index is 0.0434. The number of amides is 1. The lowest BCUT2D eigenvalue weighted by molar-refractivity contribution is 0.0937. The number of aryl methyl sites for hydroxylation is 1. The van der Waals surface area contributed by atoms with Crippen molar-refractivity contribution in [2.45, 2.75) is 30.7 Å². The molecule has 2 N–H and O–H groups in total. The zero-order valence-corrected chi connectivity index (χ0v) is 20.0. The van der Waals surface area contributed by atoms with Crippen LogP contribution in [-0.2, 0) is 14.8 Å². The molecule has 0 aliphatic carbocycles. The average molecular weight is 480 g/mol. The largest absolute Gasteiger partial charge is 0.383 e. The van der Waals surface area contributed by atoms with Gasteiger partial charge in [-0.3, -0.25) is 9.69 Å². The molecule has 1 amide bonds. The molecule has 0 aromatic heterocycles. The molecule has 1 fully saturated rings. The van der Waals surface area contributed by atoms with Crippen molar-refractivity contribution >= 4 is 27.5 Å². The second-order valence-corrected chi connectivity index (χ2v) is 10.0. The minimum atomic E-state index is -3.73. The number of benzene rings is 2. The van der Waals surface area contributed by atoms with Gasteiger partial charge in [0, 0.05) is 30.8 Å². The van der Waals surface area contributed by atoms with Crippen LogP contribution in [0.4, 0.5) is 0 Å². The fraction of sp³-hybridized carbons (Fsp3) is 0.435. The molecule has 1 aliphatic heterocycles. The van der Waals surface area contributed by atoms with Gasteiger partial charge in [0.15, 0.2) is 0 Å². The molecule has 0 spiro atoms. The number of halogens is 1. The Labute approximate surface area is 195 Å². The molecule has 32 heavy (non-hydrogen) atoms. The van der Waals surface area contributed by atoms with E-state index in [4.69, 9.17) is 16.3 Å². The molecular weight excluding hydrogens is 450 g/mol. The van der Waals surface area contributed by atoms with Gasteiger partial charge in [0.1, 0.15) is 0 Å². The SMILES string of the molecule is COCCNS(=O)(=O)c1ccc(C)c(C(=O)NCC(c2ccccc2Cl)N2CCCC2)c1. The summed E-state index contributed by atoms with van der Waals surface area (Å²) in [6.07, 6.45) is 2.23. The number of carbonyl (C=O) groups is 1. The highest BCUT2D eigenvalue weighted by atomic mass is 35.5. The summed E-state index contributed by atoms with van der Waals surface area (Å²) in [6, 6.07) is 12.2. The third-order valence-electron chi connectivity index (χ3n) is 5.66. The summed E-state index contributed by atoms with van der Waals surface area (Å²) in [4.78, 5) is 15.4. The van der Waals surface area contributed by atoms with Gasteiger partial charge in [0.05, 0.1) is 17.5 Å². The maximum Gasteiger partial charge on any atom is 0.251 e. The maximum absolute atomic E-state index is 13.0. The summed E-state index contributed by atoms with van der Waals surface area (Å²) in [6.45, 7) is 4.49. The molecule has 1 aliphatic rings. The second-order valence-electron chi connectivity index (χ2n) is 7.86. The molecule has 0 saturated carbocycles. The van der Waals surface area contributed by atoms with Gasteiger partial charge in [-0.2, -0.15) is 0 Å². The van der Waals surface area contributed by atoms with Crippen molar-refractivity contribution in [1.82, 2.24) is 14.9 Å².